The molecule has 0 N–H and O–H groups in total. The first-order chi connectivity index (χ1) is 8.86. The Balaban J connectivity index is 2.09. The van der Waals surface area contributed by atoms with Gasteiger partial charge < -0.3 is 4.74 Å². The van der Waals surface area contributed by atoms with Crippen molar-refractivity contribution in [1.29, 1.82) is 0 Å². The maximum Gasteiger partial charge on any atom is 0.416 e. The molecule has 1 aromatic rings. The van der Waals surface area contributed by atoms with Crippen LogP contribution in [0.15, 0.2) is 22.7 Å². The van der Waals surface area contributed by atoms with Gasteiger partial charge in [-0.25, -0.2) is 0 Å². The lowest BCUT2D eigenvalue weighted by Crippen LogP contribution is -2.40. The summed E-state index contributed by atoms with van der Waals surface area (Å²) in [5.74, 6) is 0. The Morgan fingerprint density at radius 1 is 1.42 bits per heavy atom. The van der Waals surface area contributed by atoms with Crippen molar-refractivity contribution >= 4 is 15.9 Å². The first kappa shape index (κ1) is 14.8. The van der Waals surface area contributed by atoms with E-state index in [1.165, 1.54) is 6.07 Å². The van der Waals surface area contributed by atoms with Crippen molar-refractivity contribution in [3.63, 3.8) is 0 Å². The van der Waals surface area contributed by atoms with Crippen LogP contribution in [0.5, 0.6) is 0 Å². The SMILES string of the molecule is C[C@@H]1CN(Cc2ccc(C(F)(F)F)cc2Br)CCO1. The Kier molecular flexibility index (Phi) is 4.53. The molecule has 106 valence electrons. The van der Waals surface area contributed by atoms with Crippen LogP contribution in [0.4, 0.5) is 13.2 Å². The van der Waals surface area contributed by atoms with Crippen LogP contribution in [0.1, 0.15) is 18.1 Å². The Hall–Kier alpha value is -0.590. The van der Waals surface area contributed by atoms with E-state index in [2.05, 4.69) is 20.8 Å². The molecule has 2 nitrogen and oxygen atoms in total. The van der Waals surface area contributed by atoms with Gasteiger partial charge in [-0.15, -0.1) is 0 Å². The quantitative estimate of drug-likeness (QED) is 0.816. The molecule has 1 aliphatic heterocycles. The average molecular weight is 338 g/mol. The van der Waals surface area contributed by atoms with E-state index >= 15 is 0 Å². The third kappa shape index (κ3) is 3.94. The summed E-state index contributed by atoms with van der Waals surface area (Å²) in [6.07, 6.45) is -4.13. The molecule has 1 aliphatic rings. The van der Waals surface area contributed by atoms with Crippen molar-refractivity contribution in [2.75, 3.05) is 19.7 Å². The zero-order chi connectivity index (χ0) is 14.0. The molecule has 1 aromatic carbocycles. The number of morpholine rings is 1. The minimum absolute atomic E-state index is 0.168. The van der Waals surface area contributed by atoms with E-state index < -0.39 is 11.7 Å². The van der Waals surface area contributed by atoms with E-state index in [0.29, 0.717) is 17.6 Å². The molecule has 6 heteroatoms. The molecule has 1 heterocycles. The highest BCUT2D eigenvalue weighted by atomic mass is 79.9. The van der Waals surface area contributed by atoms with Gasteiger partial charge in [0.2, 0.25) is 0 Å². The molecule has 2 rings (SSSR count). The summed E-state index contributed by atoms with van der Waals surface area (Å²) in [6, 6.07) is 3.80. The maximum absolute atomic E-state index is 12.6. The molecular weight excluding hydrogens is 323 g/mol. The van der Waals surface area contributed by atoms with Crippen molar-refractivity contribution in [1.82, 2.24) is 4.90 Å². The number of benzene rings is 1. The van der Waals surface area contributed by atoms with Crippen LogP contribution in [0.25, 0.3) is 0 Å². The van der Waals surface area contributed by atoms with E-state index in [1.54, 1.807) is 0 Å². The summed E-state index contributed by atoms with van der Waals surface area (Å²) in [7, 11) is 0. The molecule has 0 saturated carbocycles. The summed E-state index contributed by atoms with van der Waals surface area (Å²) in [6.45, 7) is 4.89. The molecule has 0 amide bonds. The van der Waals surface area contributed by atoms with E-state index in [0.717, 1.165) is 30.8 Å². The molecule has 0 spiro atoms. The largest absolute Gasteiger partial charge is 0.416 e. The third-order valence-corrected chi connectivity index (χ3v) is 3.84. The number of nitrogens with zero attached hydrogens (tertiary/aromatic N) is 1. The molecule has 1 atom stereocenters. The van der Waals surface area contributed by atoms with Gasteiger partial charge in [-0.2, -0.15) is 13.2 Å². The maximum atomic E-state index is 12.6. The van der Waals surface area contributed by atoms with Crippen molar-refractivity contribution in [3.05, 3.63) is 33.8 Å². The molecule has 0 aromatic heterocycles. The lowest BCUT2D eigenvalue weighted by Gasteiger charge is -2.31. The Morgan fingerprint density at radius 3 is 2.74 bits per heavy atom. The fourth-order valence-electron chi connectivity index (χ4n) is 2.13. The number of hydrogen-bond donors (Lipinski definition) is 0. The smallest absolute Gasteiger partial charge is 0.376 e. The van der Waals surface area contributed by atoms with Gasteiger partial charge in [0.1, 0.15) is 0 Å². The second kappa shape index (κ2) is 5.81. The molecule has 0 aliphatic carbocycles. The van der Waals surface area contributed by atoms with Crippen molar-refractivity contribution < 1.29 is 17.9 Å². The van der Waals surface area contributed by atoms with Gasteiger partial charge in [0.25, 0.3) is 0 Å². The summed E-state index contributed by atoms with van der Waals surface area (Å²) in [4.78, 5) is 2.18. The van der Waals surface area contributed by atoms with Crippen LogP contribution >= 0.6 is 15.9 Å². The van der Waals surface area contributed by atoms with E-state index in [4.69, 9.17) is 4.74 Å². The first-order valence-electron chi connectivity index (χ1n) is 6.06. The molecule has 0 radical (unpaired) electrons. The van der Waals surface area contributed by atoms with Crippen LogP contribution in [0.3, 0.4) is 0 Å². The van der Waals surface area contributed by atoms with E-state index in [1.807, 2.05) is 6.92 Å². The van der Waals surface area contributed by atoms with E-state index in [-0.39, 0.29) is 6.10 Å². The van der Waals surface area contributed by atoms with Crippen molar-refractivity contribution in [2.24, 2.45) is 0 Å². The molecule has 0 bridgehead atoms. The van der Waals surface area contributed by atoms with Gasteiger partial charge >= 0.3 is 6.18 Å². The standard InChI is InChI=1S/C13H15BrF3NO/c1-9-7-18(4-5-19-9)8-10-2-3-11(6-12(10)14)13(15,16)17/h2-3,6,9H,4-5,7-8H2,1H3/t9-/m1/s1. The average Bonchev–Trinajstić information content (AvgIpc) is 2.30. The predicted octanol–water partition coefficient (Wildman–Crippen LogP) is 3.69. The Morgan fingerprint density at radius 2 is 2.16 bits per heavy atom. The van der Waals surface area contributed by atoms with Crippen LogP contribution in [0.2, 0.25) is 0 Å². The van der Waals surface area contributed by atoms with Crippen LogP contribution in [0, 0.1) is 0 Å². The summed E-state index contributed by atoms with van der Waals surface area (Å²) in [5, 5.41) is 0. The van der Waals surface area contributed by atoms with Gasteiger partial charge in [-0.1, -0.05) is 22.0 Å². The fraction of sp³-hybridized carbons (Fsp3) is 0.538. The fourth-order valence-corrected chi connectivity index (χ4v) is 2.63. The van der Waals surface area contributed by atoms with Crippen molar-refractivity contribution in [2.45, 2.75) is 25.7 Å². The second-order valence-electron chi connectivity index (χ2n) is 4.72. The predicted molar refractivity (Wildman–Crippen MR) is 69.8 cm³/mol. The molecule has 1 saturated heterocycles. The summed E-state index contributed by atoms with van der Waals surface area (Å²) >= 11 is 3.22. The molecule has 0 unspecified atom stereocenters. The van der Waals surface area contributed by atoms with Gasteiger partial charge in [0.05, 0.1) is 18.3 Å². The first-order valence-corrected chi connectivity index (χ1v) is 6.85. The zero-order valence-corrected chi connectivity index (χ0v) is 12.1. The van der Waals surface area contributed by atoms with Gasteiger partial charge in [-0.05, 0) is 24.6 Å². The number of alkyl halides is 3. The number of rotatable bonds is 2. The second-order valence-corrected chi connectivity index (χ2v) is 5.57. The summed E-state index contributed by atoms with van der Waals surface area (Å²) < 4.78 is 43.6. The lowest BCUT2D eigenvalue weighted by molar-refractivity contribution is -0.137. The number of hydrogen-bond acceptors (Lipinski definition) is 2. The third-order valence-electron chi connectivity index (χ3n) is 3.10. The lowest BCUT2D eigenvalue weighted by atomic mass is 10.1. The van der Waals surface area contributed by atoms with Gasteiger partial charge in [0.15, 0.2) is 0 Å². The highest BCUT2D eigenvalue weighted by Crippen LogP contribution is 2.32. The minimum Gasteiger partial charge on any atom is -0.376 e. The highest BCUT2D eigenvalue weighted by molar-refractivity contribution is 9.10. The highest BCUT2D eigenvalue weighted by Gasteiger charge is 2.31. The Bertz CT molecular complexity index is 450. The molecule has 1 fully saturated rings. The zero-order valence-electron chi connectivity index (χ0n) is 10.5. The van der Waals surface area contributed by atoms with Crippen molar-refractivity contribution in [3.8, 4) is 0 Å². The molecule has 19 heavy (non-hydrogen) atoms. The minimum atomic E-state index is -4.30. The van der Waals surface area contributed by atoms with Crippen LogP contribution in [-0.4, -0.2) is 30.7 Å². The van der Waals surface area contributed by atoms with Gasteiger partial charge in [0, 0.05) is 24.1 Å². The van der Waals surface area contributed by atoms with E-state index in [9.17, 15) is 13.2 Å². The summed E-state index contributed by atoms with van der Waals surface area (Å²) in [5.41, 5.74) is 0.237. The molecular formula is C13H15BrF3NO. The normalized spacial score (nSPS) is 21.6. The van der Waals surface area contributed by atoms with Crippen LogP contribution in [-0.2, 0) is 17.5 Å². The van der Waals surface area contributed by atoms with Gasteiger partial charge in [-0.3, -0.25) is 4.90 Å². The number of halogens is 4. The number of ether oxygens (including phenoxy) is 1. The topological polar surface area (TPSA) is 12.5 Å². The van der Waals surface area contributed by atoms with Crippen LogP contribution < -0.4 is 0 Å². The monoisotopic (exact) mass is 337 g/mol. The Labute approximate surface area is 118 Å².